The average molecular weight is 439 g/mol. The molecule has 0 spiro atoms. The van der Waals surface area contributed by atoms with E-state index in [1.807, 2.05) is 0 Å². The molecule has 0 unspecified atom stereocenters. The number of nitrogens with two attached hydrogens (primary N) is 1. The summed E-state index contributed by atoms with van der Waals surface area (Å²) >= 11 is 0. The summed E-state index contributed by atoms with van der Waals surface area (Å²) in [6.07, 6.45) is -0.472. The average Bonchev–Trinajstić information content (AvgIpc) is 3.52. The maximum atomic E-state index is 13.8. The Hall–Kier alpha value is -2.10. The molecule has 1 heterocycles. The van der Waals surface area contributed by atoms with Crippen LogP contribution in [-0.4, -0.2) is 62.1 Å². The Labute approximate surface area is 181 Å². The summed E-state index contributed by atoms with van der Waals surface area (Å²) < 4.78 is 32.6. The van der Waals surface area contributed by atoms with Crippen LogP contribution in [0.2, 0.25) is 0 Å². The Morgan fingerprint density at radius 1 is 1.35 bits per heavy atom. The van der Waals surface area contributed by atoms with E-state index in [9.17, 15) is 18.4 Å². The van der Waals surface area contributed by atoms with E-state index in [4.69, 9.17) is 10.5 Å². The van der Waals surface area contributed by atoms with E-state index in [2.05, 4.69) is 24.1 Å². The number of carbonyl (C=O) groups is 2. The lowest BCUT2D eigenvalue weighted by Crippen LogP contribution is -2.50. The van der Waals surface area contributed by atoms with Crippen LogP contribution in [0.1, 0.15) is 38.7 Å². The molecule has 172 valence electrons. The molecular weight excluding hydrogens is 406 g/mol. The van der Waals surface area contributed by atoms with Crippen LogP contribution in [0.25, 0.3) is 0 Å². The minimum Gasteiger partial charge on any atom is -0.370 e. The first-order valence-corrected chi connectivity index (χ1v) is 10.8. The molecule has 0 radical (unpaired) electrons. The maximum Gasteiger partial charge on any atom is 0.265 e. The smallest absolute Gasteiger partial charge is 0.265 e. The molecule has 2 fully saturated rings. The molecule has 1 aliphatic carbocycles. The second-order valence-electron chi connectivity index (χ2n) is 8.70. The van der Waals surface area contributed by atoms with Gasteiger partial charge in [-0.25, -0.2) is 8.78 Å². The number of morpholine rings is 1. The monoisotopic (exact) mass is 438 g/mol. The summed E-state index contributed by atoms with van der Waals surface area (Å²) in [5.41, 5.74) is 6.05. The van der Waals surface area contributed by atoms with E-state index in [0.717, 1.165) is 25.9 Å². The van der Waals surface area contributed by atoms with Crippen molar-refractivity contribution in [2.45, 2.75) is 39.2 Å². The molecule has 0 aromatic heterocycles. The fourth-order valence-corrected chi connectivity index (χ4v) is 3.90. The third-order valence-electron chi connectivity index (χ3n) is 5.56. The zero-order valence-electron chi connectivity index (χ0n) is 18.2. The van der Waals surface area contributed by atoms with Gasteiger partial charge in [0.2, 0.25) is 5.91 Å². The fraction of sp³-hybridized carbons (Fsp3) is 0.636. The van der Waals surface area contributed by atoms with Gasteiger partial charge in [0.15, 0.2) is 0 Å². The van der Waals surface area contributed by atoms with Gasteiger partial charge in [-0.15, -0.1) is 0 Å². The lowest BCUT2D eigenvalue weighted by Gasteiger charge is -2.32. The molecule has 2 aliphatic rings. The fourth-order valence-electron chi connectivity index (χ4n) is 3.90. The van der Waals surface area contributed by atoms with Gasteiger partial charge in [-0.2, -0.15) is 0 Å². The van der Waals surface area contributed by atoms with Crippen LogP contribution in [0.4, 0.5) is 20.2 Å². The zero-order valence-corrected chi connectivity index (χ0v) is 18.2. The molecular formula is C22H32F2N4O3. The number of nitrogens with zero attached hydrogens (tertiary/aromatic N) is 2. The summed E-state index contributed by atoms with van der Waals surface area (Å²) in [6, 6.07) is 3.71. The lowest BCUT2D eigenvalue weighted by atomic mass is 10.1. The lowest BCUT2D eigenvalue weighted by molar-refractivity contribution is -0.125. The molecule has 7 nitrogen and oxygen atoms in total. The Morgan fingerprint density at radius 2 is 2.10 bits per heavy atom. The Balaban J connectivity index is 1.77. The SMILES string of the molecule is CC(C)CN(CC1CC1)[C@@H](CN)C(=O)Nc1ccc(N2CCOCC2=O)c(C(F)F)c1. The van der Waals surface area contributed by atoms with Gasteiger partial charge in [0, 0.05) is 37.4 Å². The van der Waals surface area contributed by atoms with Crippen molar-refractivity contribution in [1.29, 1.82) is 0 Å². The summed E-state index contributed by atoms with van der Waals surface area (Å²) in [5, 5.41) is 2.75. The van der Waals surface area contributed by atoms with Crippen LogP contribution in [0.5, 0.6) is 0 Å². The van der Waals surface area contributed by atoms with Crippen LogP contribution < -0.4 is 16.0 Å². The summed E-state index contributed by atoms with van der Waals surface area (Å²) in [4.78, 5) is 28.5. The topological polar surface area (TPSA) is 87.9 Å². The number of hydrogen-bond donors (Lipinski definition) is 2. The van der Waals surface area contributed by atoms with E-state index in [1.165, 1.54) is 17.0 Å². The van der Waals surface area contributed by atoms with Crippen molar-refractivity contribution in [3.63, 3.8) is 0 Å². The van der Waals surface area contributed by atoms with Gasteiger partial charge in [0.05, 0.1) is 12.3 Å². The third kappa shape index (κ3) is 6.21. The standard InChI is InChI=1S/C22H32F2N4O3/c1-14(2)11-27(12-15-3-4-15)19(10-25)22(30)26-16-5-6-18(17(9-16)21(23)24)28-7-8-31-13-20(28)29/h5-6,9,14-15,19,21H,3-4,7-8,10-13,25H2,1-2H3,(H,26,30)/t19-/m0/s1. The van der Waals surface area contributed by atoms with Gasteiger partial charge >= 0.3 is 0 Å². The van der Waals surface area contributed by atoms with E-state index in [0.29, 0.717) is 11.8 Å². The van der Waals surface area contributed by atoms with Crippen molar-refractivity contribution in [3.05, 3.63) is 23.8 Å². The number of benzene rings is 1. The predicted molar refractivity (Wildman–Crippen MR) is 115 cm³/mol. The number of amides is 2. The number of anilines is 2. The second kappa shape index (κ2) is 10.5. The number of ether oxygens (including phenoxy) is 1. The van der Waals surface area contributed by atoms with Gasteiger partial charge in [-0.05, 0) is 42.9 Å². The van der Waals surface area contributed by atoms with Crippen LogP contribution >= 0.6 is 0 Å². The van der Waals surface area contributed by atoms with Crippen molar-refractivity contribution in [2.75, 3.05) is 49.6 Å². The van der Waals surface area contributed by atoms with E-state index in [-0.39, 0.29) is 55.1 Å². The molecule has 1 atom stereocenters. The number of nitrogens with one attached hydrogen (secondary N) is 1. The Kier molecular flexibility index (Phi) is 7.96. The second-order valence-corrected chi connectivity index (χ2v) is 8.70. The minimum absolute atomic E-state index is 0.133. The van der Waals surface area contributed by atoms with Crippen molar-refractivity contribution in [1.82, 2.24) is 4.90 Å². The number of rotatable bonds is 10. The van der Waals surface area contributed by atoms with Gasteiger partial charge < -0.3 is 20.7 Å². The van der Waals surface area contributed by atoms with Gasteiger partial charge in [0.25, 0.3) is 12.3 Å². The molecule has 3 N–H and O–H groups in total. The predicted octanol–water partition coefficient (Wildman–Crippen LogP) is 2.62. The summed E-state index contributed by atoms with van der Waals surface area (Å²) in [5.74, 6) is 0.296. The Morgan fingerprint density at radius 3 is 2.68 bits per heavy atom. The van der Waals surface area contributed by atoms with Crippen LogP contribution in [0, 0.1) is 11.8 Å². The quantitative estimate of drug-likeness (QED) is 0.586. The van der Waals surface area contributed by atoms with Gasteiger partial charge in [0.1, 0.15) is 12.6 Å². The van der Waals surface area contributed by atoms with E-state index < -0.39 is 12.5 Å². The largest absolute Gasteiger partial charge is 0.370 e. The number of halogens is 2. The first-order chi connectivity index (χ1) is 14.8. The third-order valence-corrected chi connectivity index (χ3v) is 5.56. The van der Waals surface area contributed by atoms with Crippen molar-refractivity contribution in [3.8, 4) is 0 Å². The highest BCUT2D eigenvalue weighted by Gasteiger charge is 2.32. The molecule has 1 aliphatic heterocycles. The molecule has 9 heteroatoms. The highest BCUT2D eigenvalue weighted by Crippen LogP contribution is 2.34. The van der Waals surface area contributed by atoms with Crippen molar-refractivity contribution >= 4 is 23.2 Å². The maximum absolute atomic E-state index is 13.8. The van der Waals surface area contributed by atoms with Crippen LogP contribution in [0.15, 0.2) is 18.2 Å². The first kappa shape index (κ1) is 23.6. The molecule has 0 bridgehead atoms. The highest BCUT2D eigenvalue weighted by atomic mass is 19.3. The summed E-state index contributed by atoms with van der Waals surface area (Å²) in [7, 11) is 0. The molecule has 2 amide bonds. The number of alkyl halides is 2. The van der Waals surface area contributed by atoms with E-state index >= 15 is 0 Å². The first-order valence-electron chi connectivity index (χ1n) is 10.8. The van der Waals surface area contributed by atoms with Crippen molar-refractivity contribution < 1.29 is 23.1 Å². The van der Waals surface area contributed by atoms with Crippen LogP contribution in [-0.2, 0) is 14.3 Å². The van der Waals surface area contributed by atoms with Gasteiger partial charge in [-0.1, -0.05) is 13.8 Å². The molecule has 1 saturated heterocycles. The molecule has 1 aromatic carbocycles. The molecule has 1 saturated carbocycles. The van der Waals surface area contributed by atoms with Crippen molar-refractivity contribution in [2.24, 2.45) is 17.6 Å². The summed E-state index contributed by atoms with van der Waals surface area (Å²) in [6.45, 7) is 6.25. The minimum atomic E-state index is -2.79. The molecule has 3 rings (SSSR count). The molecule has 31 heavy (non-hydrogen) atoms. The molecule has 1 aromatic rings. The number of carbonyl (C=O) groups excluding carboxylic acids is 2. The zero-order chi connectivity index (χ0) is 22.5. The highest BCUT2D eigenvalue weighted by molar-refractivity contribution is 5.97. The number of hydrogen-bond acceptors (Lipinski definition) is 5. The van der Waals surface area contributed by atoms with Gasteiger partial charge in [-0.3, -0.25) is 14.5 Å². The normalized spacial score (nSPS) is 18.2. The Bertz CT molecular complexity index is 782. The van der Waals surface area contributed by atoms with Crippen LogP contribution in [0.3, 0.4) is 0 Å². The van der Waals surface area contributed by atoms with E-state index in [1.54, 1.807) is 6.07 Å².